The summed E-state index contributed by atoms with van der Waals surface area (Å²) in [7, 11) is 0. The summed E-state index contributed by atoms with van der Waals surface area (Å²) >= 11 is 2.94. The molecule has 4 nitrogen and oxygen atoms in total. The van der Waals surface area contributed by atoms with Gasteiger partial charge in [0.25, 0.3) is 5.91 Å². The standard InChI is InChI=1S/C13H14BrF3N2O2/c1-12(2,6-10(18)20)19-11(21)8-4-3-7(14)5-9(8)13(15,16)17/h3-5H,6H2,1-2H3,(H2,18,20)(H,19,21). The van der Waals surface area contributed by atoms with E-state index in [2.05, 4.69) is 21.2 Å². The van der Waals surface area contributed by atoms with Crippen molar-refractivity contribution in [3.63, 3.8) is 0 Å². The average Bonchev–Trinajstić information content (AvgIpc) is 2.24. The largest absolute Gasteiger partial charge is 0.417 e. The van der Waals surface area contributed by atoms with Gasteiger partial charge in [0.1, 0.15) is 0 Å². The Kier molecular flexibility index (Phi) is 5.03. The van der Waals surface area contributed by atoms with Crippen LogP contribution in [0.3, 0.4) is 0 Å². The molecule has 0 aliphatic rings. The first-order chi connectivity index (χ1) is 9.42. The maximum atomic E-state index is 13.0. The zero-order valence-electron chi connectivity index (χ0n) is 11.3. The lowest BCUT2D eigenvalue weighted by Crippen LogP contribution is -2.46. The summed E-state index contributed by atoms with van der Waals surface area (Å²) < 4.78 is 39.1. The van der Waals surface area contributed by atoms with Crippen molar-refractivity contribution >= 4 is 27.7 Å². The van der Waals surface area contributed by atoms with Crippen LogP contribution in [-0.2, 0) is 11.0 Å². The van der Waals surface area contributed by atoms with Crippen LogP contribution in [-0.4, -0.2) is 17.4 Å². The molecule has 0 fully saturated rings. The van der Waals surface area contributed by atoms with E-state index in [1.165, 1.54) is 19.9 Å². The molecule has 0 radical (unpaired) electrons. The van der Waals surface area contributed by atoms with Crippen molar-refractivity contribution < 1.29 is 22.8 Å². The zero-order valence-corrected chi connectivity index (χ0v) is 12.9. The fourth-order valence-corrected chi connectivity index (χ4v) is 2.16. The molecule has 2 amide bonds. The number of hydrogen-bond acceptors (Lipinski definition) is 2. The van der Waals surface area contributed by atoms with Gasteiger partial charge in [0.05, 0.1) is 11.1 Å². The second kappa shape index (κ2) is 6.05. The first-order valence-corrected chi connectivity index (χ1v) is 6.69. The third-order valence-electron chi connectivity index (χ3n) is 2.60. The number of carbonyl (C=O) groups excluding carboxylic acids is 2. The van der Waals surface area contributed by atoms with Gasteiger partial charge in [-0.15, -0.1) is 0 Å². The van der Waals surface area contributed by atoms with Crippen LogP contribution >= 0.6 is 15.9 Å². The minimum atomic E-state index is -4.66. The minimum absolute atomic E-state index is 0.184. The molecule has 116 valence electrons. The SMILES string of the molecule is CC(C)(CC(N)=O)NC(=O)c1ccc(Br)cc1C(F)(F)F. The number of nitrogens with one attached hydrogen (secondary N) is 1. The highest BCUT2D eigenvalue weighted by Gasteiger charge is 2.36. The number of carbonyl (C=O) groups is 2. The molecule has 8 heteroatoms. The molecule has 0 aromatic heterocycles. The predicted octanol–water partition coefficient (Wildman–Crippen LogP) is 2.85. The van der Waals surface area contributed by atoms with Crippen LogP contribution in [0.15, 0.2) is 22.7 Å². The average molecular weight is 367 g/mol. The van der Waals surface area contributed by atoms with Crippen LogP contribution in [0, 0.1) is 0 Å². The van der Waals surface area contributed by atoms with Gasteiger partial charge in [0.2, 0.25) is 5.91 Å². The Morgan fingerprint density at radius 3 is 2.33 bits per heavy atom. The Balaban J connectivity index is 3.11. The molecule has 21 heavy (non-hydrogen) atoms. The van der Waals surface area contributed by atoms with E-state index in [-0.39, 0.29) is 10.9 Å². The first kappa shape index (κ1) is 17.5. The van der Waals surface area contributed by atoms with Crippen molar-refractivity contribution in [2.24, 2.45) is 5.73 Å². The van der Waals surface area contributed by atoms with Crippen LogP contribution in [0.4, 0.5) is 13.2 Å². The molecule has 0 aliphatic heterocycles. The summed E-state index contributed by atoms with van der Waals surface area (Å²) in [6.45, 7) is 3.00. The molecule has 0 unspecified atom stereocenters. The van der Waals surface area contributed by atoms with Gasteiger partial charge in [-0.3, -0.25) is 9.59 Å². The quantitative estimate of drug-likeness (QED) is 0.859. The first-order valence-electron chi connectivity index (χ1n) is 5.90. The lowest BCUT2D eigenvalue weighted by Gasteiger charge is -2.25. The predicted molar refractivity (Wildman–Crippen MR) is 74.5 cm³/mol. The summed E-state index contributed by atoms with van der Waals surface area (Å²) in [5, 5.41) is 2.38. The van der Waals surface area contributed by atoms with Gasteiger partial charge in [-0.2, -0.15) is 13.2 Å². The van der Waals surface area contributed by atoms with E-state index in [9.17, 15) is 22.8 Å². The van der Waals surface area contributed by atoms with Gasteiger partial charge < -0.3 is 11.1 Å². The van der Waals surface area contributed by atoms with Crippen LogP contribution in [0.5, 0.6) is 0 Å². The molecule has 0 saturated heterocycles. The van der Waals surface area contributed by atoms with Crippen molar-refractivity contribution in [3.8, 4) is 0 Å². The van der Waals surface area contributed by atoms with E-state index < -0.39 is 34.7 Å². The molecule has 0 atom stereocenters. The van der Waals surface area contributed by atoms with Gasteiger partial charge in [-0.1, -0.05) is 15.9 Å². The van der Waals surface area contributed by atoms with Crippen LogP contribution in [0.1, 0.15) is 36.2 Å². The maximum Gasteiger partial charge on any atom is 0.417 e. The molecule has 0 spiro atoms. The summed E-state index contributed by atoms with van der Waals surface area (Å²) in [5.41, 5.74) is 2.43. The van der Waals surface area contributed by atoms with E-state index in [1.807, 2.05) is 0 Å². The van der Waals surface area contributed by atoms with Gasteiger partial charge in [-0.05, 0) is 32.0 Å². The monoisotopic (exact) mass is 366 g/mol. The Morgan fingerprint density at radius 1 is 1.29 bits per heavy atom. The minimum Gasteiger partial charge on any atom is -0.370 e. The van der Waals surface area contributed by atoms with E-state index in [4.69, 9.17) is 5.73 Å². The highest BCUT2D eigenvalue weighted by atomic mass is 79.9. The second-order valence-corrected chi connectivity index (χ2v) is 6.08. The van der Waals surface area contributed by atoms with Crippen LogP contribution in [0.2, 0.25) is 0 Å². The molecule has 1 aromatic carbocycles. The molecule has 1 aromatic rings. The van der Waals surface area contributed by atoms with E-state index in [0.717, 1.165) is 12.1 Å². The highest BCUT2D eigenvalue weighted by molar-refractivity contribution is 9.10. The van der Waals surface area contributed by atoms with Crippen molar-refractivity contribution in [1.29, 1.82) is 0 Å². The van der Waals surface area contributed by atoms with Gasteiger partial charge in [0, 0.05) is 16.4 Å². The van der Waals surface area contributed by atoms with Crippen molar-refractivity contribution in [3.05, 3.63) is 33.8 Å². The van der Waals surface area contributed by atoms with Crippen molar-refractivity contribution in [1.82, 2.24) is 5.32 Å². The molecule has 0 saturated carbocycles. The number of nitrogens with two attached hydrogens (primary N) is 1. The number of amides is 2. The van der Waals surface area contributed by atoms with Gasteiger partial charge in [-0.25, -0.2) is 0 Å². The maximum absolute atomic E-state index is 13.0. The Bertz CT molecular complexity index is 571. The molecule has 3 N–H and O–H groups in total. The molecule has 0 heterocycles. The molecule has 0 bridgehead atoms. The number of halogens is 4. The van der Waals surface area contributed by atoms with E-state index in [1.54, 1.807) is 0 Å². The lowest BCUT2D eigenvalue weighted by molar-refractivity contribution is -0.138. The molecule has 1 rings (SSSR count). The van der Waals surface area contributed by atoms with E-state index >= 15 is 0 Å². The highest BCUT2D eigenvalue weighted by Crippen LogP contribution is 2.34. The Hall–Kier alpha value is -1.57. The molecule has 0 aliphatic carbocycles. The second-order valence-electron chi connectivity index (χ2n) is 5.17. The fraction of sp³-hybridized carbons (Fsp3) is 0.385. The zero-order chi connectivity index (χ0) is 16.4. The normalized spacial score (nSPS) is 12.1. The summed E-state index contributed by atoms with van der Waals surface area (Å²) in [5.74, 6) is -1.58. The van der Waals surface area contributed by atoms with Crippen LogP contribution < -0.4 is 11.1 Å². The number of benzene rings is 1. The number of rotatable bonds is 4. The van der Waals surface area contributed by atoms with Crippen molar-refractivity contribution in [2.75, 3.05) is 0 Å². The Morgan fingerprint density at radius 2 is 1.86 bits per heavy atom. The van der Waals surface area contributed by atoms with Crippen molar-refractivity contribution in [2.45, 2.75) is 32.0 Å². The number of primary amides is 1. The number of hydrogen-bond donors (Lipinski definition) is 2. The molecular formula is C13H14BrF3N2O2. The third-order valence-corrected chi connectivity index (χ3v) is 3.09. The summed E-state index contributed by atoms with van der Waals surface area (Å²) in [6.07, 6.45) is -4.85. The Labute approximate surface area is 128 Å². The third kappa shape index (κ3) is 5.04. The summed E-state index contributed by atoms with van der Waals surface area (Å²) in [6, 6.07) is 3.24. The number of alkyl halides is 3. The smallest absolute Gasteiger partial charge is 0.370 e. The van der Waals surface area contributed by atoms with Crippen LogP contribution in [0.25, 0.3) is 0 Å². The fourth-order valence-electron chi connectivity index (χ4n) is 1.80. The summed E-state index contributed by atoms with van der Waals surface area (Å²) in [4.78, 5) is 22.9. The topological polar surface area (TPSA) is 72.2 Å². The van der Waals surface area contributed by atoms with Gasteiger partial charge >= 0.3 is 6.18 Å². The van der Waals surface area contributed by atoms with Gasteiger partial charge in [0.15, 0.2) is 0 Å². The van der Waals surface area contributed by atoms with E-state index in [0.29, 0.717) is 0 Å². The lowest BCUT2D eigenvalue weighted by atomic mass is 9.98. The molecular weight excluding hydrogens is 353 g/mol.